The molecule has 0 radical (unpaired) electrons. The fraction of sp³-hybridized carbons (Fsp3) is 0.600. The number of hydrogen-bond acceptors (Lipinski definition) is 3. The highest BCUT2D eigenvalue weighted by Gasteiger charge is 2.27. The predicted molar refractivity (Wildman–Crippen MR) is 74.7 cm³/mol. The minimum absolute atomic E-state index is 0.0818. The van der Waals surface area contributed by atoms with E-state index in [1.165, 1.54) is 12.1 Å². The maximum Gasteiger partial charge on any atom is 0.190 e. The highest BCUT2D eigenvalue weighted by atomic mass is 19.1. The van der Waals surface area contributed by atoms with Gasteiger partial charge in [-0.25, -0.2) is 8.78 Å². The van der Waals surface area contributed by atoms with Gasteiger partial charge in [0.15, 0.2) is 17.4 Å². The Morgan fingerprint density at radius 3 is 2.30 bits per heavy atom. The Kier molecular flexibility index (Phi) is 5.89. The van der Waals surface area contributed by atoms with Gasteiger partial charge in [0.05, 0.1) is 5.60 Å². The standard InChI is InChI=1S/C15H23F2NO2/c1-5-18-8-11-6-12(16)14(13(17)7-11)20-9-15(4,19)10(2)3/h6-7,10,18-19H,5,8-9H2,1-4H3. The highest BCUT2D eigenvalue weighted by molar-refractivity contribution is 5.31. The third-order valence-corrected chi connectivity index (χ3v) is 3.39. The van der Waals surface area contributed by atoms with Crippen LogP contribution in [0.3, 0.4) is 0 Å². The van der Waals surface area contributed by atoms with Gasteiger partial charge in [0.2, 0.25) is 0 Å². The number of ether oxygens (including phenoxy) is 1. The molecule has 20 heavy (non-hydrogen) atoms. The molecule has 0 aliphatic rings. The number of nitrogens with one attached hydrogen (secondary N) is 1. The van der Waals surface area contributed by atoms with Crippen molar-refractivity contribution in [3.63, 3.8) is 0 Å². The largest absolute Gasteiger partial charge is 0.485 e. The molecule has 0 bridgehead atoms. The summed E-state index contributed by atoms with van der Waals surface area (Å²) in [5.74, 6) is -2.03. The Balaban J connectivity index is 2.81. The van der Waals surface area contributed by atoms with Gasteiger partial charge in [0, 0.05) is 6.54 Å². The second-order valence-electron chi connectivity index (χ2n) is 5.47. The van der Waals surface area contributed by atoms with Crippen molar-refractivity contribution in [3.05, 3.63) is 29.3 Å². The van der Waals surface area contributed by atoms with E-state index in [0.717, 1.165) is 6.54 Å². The van der Waals surface area contributed by atoms with E-state index in [9.17, 15) is 13.9 Å². The summed E-state index contributed by atoms with van der Waals surface area (Å²) in [7, 11) is 0. The van der Waals surface area contributed by atoms with Crippen LogP contribution in [0.15, 0.2) is 12.1 Å². The molecule has 1 unspecified atom stereocenters. The second-order valence-corrected chi connectivity index (χ2v) is 5.47. The van der Waals surface area contributed by atoms with E-state index in [-0.39, 0.29) is 12.5 Å². The molecule has 0 fully saturated rings. The van der Waals surface area contributed by atoms with E-state index in [2.05, 4.69) is 5.32 Å². The van der Waals surface area contributed by atoms with E-state index in [1.54, 1.807) is 6.92 Å². The van der Waals surface area contributed by atoms with Crippen LogP contribution in [-0.4, -0.2) is 23.9 Å². The predicted octanol–water partition coefficient (Wildman–Crippen LogP) is 2.86. The molecule has 0 amide bonds. The van der Waals surface area contributed by atoms with Crippen molar-refractivity contribution in [3.8, 4) is 5.75 Å². The molecule has 0 spiro atoms. The van der Waals surface area contributed by atoms with E-state index >= 15 is 0 Å². The summed E-state index contributed by atoms with van der Waals surface area (Å²) in [6.07, 6.45) is 0. The zero-order chi connectivity index (χ0) is 15.3. The number of halogens is 2. The lowest BCUT2D eigenvalue weighted by Crippen LogP contribution is -2.38. The summed E-state index contributed by atoms with van der Waals surface area (Å²) in [6, 6.07) is 2.48. The average Bonchev–Trinajstić information content (AvgIpc) is 2.35. The Hall–Kier alpha value is -1.20. The molecule has 0 aliphatic carbocycles. The first kappa shape index (κ1) is 16.9. The molecule has 0 saturated heterocycles. The number of aliphatic hydroxyl groups is 1. The van der Waals surface area contributed by atoms with Crippen LogP contribution >= 0.6 is 0 Å². The summed E-state index contributed by atoms with van der Waals surface area (Å²) >= 11 is 0. The summed E-state index contributed by atoms with van der Waals surface area (Å²) in [5.41, 5.74) is -0.619. The van der Waals surface area contributed by atoms with Crippen molar-refractivity contribution in [2.24, 2.45) is 5.92 Å². The molecular formula is C15H23F2NO2. The normalized spacial score (nSPS) is 14.4. The zero-order valence-corrected chi connectivity index (χ0v) is 12.5. The maximum atomic E-state index is 13.8. The first-order chi connectivity index (χ1) is 9.27. The lowest BCUT2D eigenvalue weighted by molar-refractivity contribution is -0.0284. The number of hydrogen-bond donors (Lipinski definition) is 2. The third-order valence-electron chi connectivity index (χ3n) is 3.39. The van der Waals surface area contributed by atoms with Gasteiger partial charge < -0.3 is 15.2 Å². The molecular weight excluding hydrogens is 264 g/mol. The van der Waals surface area contributed by atoms with E-state index in [1.807, 2.05) is 20.8 Å². The first-order valence-corrected chi connectivity index (χ1v) is 6.81. The minimum atomic E-state index is -1.14. The van der Waals surface area contributed by atoms with Crippen LogP contribution < -0.4 is 10.1 Å². The lowest BCUT2D eigenvalue weighted by Gasteiger charge is -2.27. The number of rotatable bonds is 7. The van der Waals surface area contributed by atoms with Crippen LogP contribution in [0.25, 0.3) is 0 Å². The van der Waals surface area contributed by atoms with Gasteiger partial charge in [-0.2, -0.15) is 0 Å². The Bertz CT molecular complexity index is 424. The van der Waals surface area contributed by atoms with Gasteiger partial charge in [-0.05, 0) is 37.1 Å². The smallest absolute Gasteiger partial charge is 0.190 e. The van der Waals surface area contributed by atoms with Crippen LogP contribution in [0.4, 0.5) is 8.78 Å². The van der Waals surface area contributed by atoms with Crippen molar-refractivity contribution in [2.75, 3.05) is 13.2 Å². The quantitative estimate of drug-likeness (QED) is 0.810. The van der Waals surface area contributed by atoms with Gasteiger partial charge in [-0.3, -0.25) is 0 Å². The van der Waals surface area contributed by atoms with Gasteiger partial charge in [0.25, 0.3) is 0 Å². The molecule has 0 heterocycles. The zero-order valence-electron chi connectivity index (χ0n) is 12.5. The van der Waals surface area contributed by atoms with Crippen LogP contribution in [0.2, 0.25) is 0 Å². The van der Waals surface area contributed by atoms with Crippen LogP contribution in [-0.2, 0) is 6.54 Å². The van der Waals surface area contributed by atoms with Crippen molar-refractivity contribution < 1.29 is 18.6 Å². The SMILES string of the molecule is CCNCc1cc(F)c(OCC(C)(O)C(C)C)c(F)c1. The molecule has 1 aromatic rings. The molecule has 114 valence electrons. The number of benzene rings is 1. The summed E-state index contributed by atoms with van der Waals surface area (Å²) < 4.78 is 32.8. The fourth-order valence-electron chi connectivity index (χ4n) is 1.51. The fourth-order valence-corrected chi connectivity index (χ4v) is 1.51. The molecule has 1 aromatic carbocycles. The van der Waals surface area contributed by atoms with Gasteiger partial charge >= 0.3 is 0 Å². The topological polar surface area (TPSA) is 41.5 Å². The van der Waals surface area contributed by atoms with E-state index in [0.29, 0.717) is 12.1 Å². The van der Waals surface area contributed by atoms with Crippen molar-refractivity contribution >= 4 is 0 Å². The molecule has 0 aliphatic heterocycles. The van der Waals surface area contributed by atoms with Crippen LogP contribution in [0.5, 0.6) is 5.75 Å². The minimum Gasteiger partial charge on any atom is -0.485 e. The maximum absolute atomic E-state index is 13.8. The summed E-state index contributed by atoms with van der Waals surface area (Å²) in [4.78, 5) is 0. The third kappa shape index (κ3) is 4.42. The lowest BCUT2D eigenvalue weighted by atomic mass is 9.94. The monoisotopic (exact) mass is 287 g/mol. The molecule has 2 N–H and O–H groups in total. The second kappa shape index (κ2) is 6.99. The molecule has 0 saturated carbocycles. The van der Waals surface area contributed by atoms with Crippen molar-refractivity contribution in [1.29, 1.82) is 0 Å². The Morgan fingerprint density at radius 1 is 1.30 bits per heavy atom. The first-order valence-electron chi connectivity index (χ1n) is 6.81. The van der Waals surface area contributed by atoms with E-state index < -0.39 is 23.0 Å². The average molecular weight is 287 g/mol. The molecule has 0 aromatic heterocycles. The summed E-state index contributed by atoms with van der Waals surface area (Å²) in [5, 5.41) is 13.0. The molecule has 5 heteroatoms. The Morgan fingerprint density at radius 2 is 1.85 bits per heavy atom. The molecule has 3 nitrogen and oxygen atoms in total. The van der Waals surface area contributed by atoms with E-state index in [4.69, 9.17) is 4.74 Å². The summed E-state index contributed by atoms with van der Waals surface area (Å²) in [6.45, 7) is 8.08. The van der Waals surface area contributed by atoms with Crippen molar-refractivity contribution in [2.45, 2.75) is 39.8 Å². The molecule has 1 rings (SSSR count). The Labute approximate surface area is 119 Å². The van der Waals surface area contributed by atoms with Gasteiger partial charge in [-0.1, -0.05) is 20.8 Å². The highest BCUT2D eigenvalue weighted by Crippen LogP contribution is 2.25. The van der Waals surface area contributed by atoms with Crippen LogP contribution in [0.1, 0.15) is 33.3 Å². The molecule has 1 atom stereocenters. The van der Waals surface area contributed by atoms with Gasteiger partial charge in [-0.15, -0.1) is 0 Å². The van der Waals surface area contributed by atoms with Gasteiger partial charge in [0.1, 0.15) is 6.61 Å². The van der Waals surface area contributed by atoms with Crippen LogP contribution in [0, 0.1) is 17.6 Å². The van der Waals surface area contributed by atoms with Crippen molar-refractivity contribution in [1.82, 2.24) is 5.32 Å².